The van der Waals surface area contributed by atoms with E-state index in [0.717, 1.165) is 85.0 Å². The SMILES string of the molecule is COc1nc(O[C@H]2CCc3c(-c4cccc(-c5ccc(CNC[C@@H]6CCC(=O)N6)cc5)c4Cl)cccc32)c(Cl)cc1CN[C@H]1CCC[C@H]1O. The standard InChI is InChI=1S/C39H42Cl2N4O4/c1-48-38-25(21-43-33-9-4-10-34(33)46)19-32(40)39(45-38)49-35-17-16-29-28(6-3-7-30(29)35)31-8-2-5-27(37(31)41)24-13-11-23(12-14-24)20-42-22-26-15-18-36(47)44-26/h2-3,5-8,11-14,19,26,33-35,42-43,46H,4,9-10,15-18,20-22H2,1H3,(H,44,47)/t26-,33-,34+,35-/m0/s1. The minimum atomic E-state index is -0.332. The second kappa shape index (κ2) is 15.1. The molecule has 2 fully saturated rings. The van der Waals surface area contributed by atoms with Gasteiger partial charge in [0.2, 0.25) is 17.7 Å². The predicted molar refractivity (Wildman–Crippen MR) is 193 cm³/mol. The van der Waals surface area contributed by atoms with Crippen LogP contribution < -0.4 is 25.4 Å². The largest absolute Gasteiger partial charge is 0.481 e. The lowest BCUT2D eigenvalue weighted by molar-refractivity contribution is -0.119. The molecule has 2 heterocycles. The Morgan fingerprint density at radius 1 is 0.918 bits per heavy atom. The number of aliphatic hydroxyl groups is 1. The highest BCUT2D eigenvalue weighted by Gasteiger charge is 2.30. The number of fused-ring (bicyclic) bond motifs is 1. The van der Waals surface area contributed by atoms with Gasteiger partial charge >= 0.3 is 0 Å². The summed E-state index contributed by atoms with van der Waals surface area (Å²) in [5, 5.41) is 21.2. The Morgan fingerprint density at radius 3 is 2.47 bits per heavy atom. The normalized spacial score (nSPS) is 21.5. The molecule has 2 aliphatic carbocycles. The van der Waals surface area contributed by atoms with Gasteiger partial charge in [-0.05, 0) is 72.4 Å². The van der Waals surface area contributed by atoms with Gasteiger partial charge in [-0.15, -0.1) is 0 Å². The van der Waals surface area contributed by atoms with Crippen molar-refractivity contribution in [3.63, 3.8) is 0 Å². The van der Waals surface area contributed by atoms with Crippen LogP contribution in [-0.2, 0) is 24.3 Å². The van der Waals surface area contributed by atoms with Crippen molar-refractivity contribution in [3.05, 3.63) is 99.0 Å². The van der Waals surface area contributed by atoms with E-state index >= 15 is 0 Å². The molecule has 4 atom stereocenters. The van der Waals surface area contributed by atoms with Gasteiger partial charge < -0.3 is 30.5 Å². The molecule has 4 N–H and O–H groups in total. The smallest absolute Gasteiger partial charge is 0.236 e. The molecular formula is C39H42Cl2N4O4. The van der Waals surface area contributed by atoms with Crippen LogP contribution in [-0.4, -0.2) is 47.8 Å². The molecule has 3 aromatic carbocycles. The zero-order valence-corrected chi connectivity index (χ0v) is 29.1. The minimum Gasteiger partial charge on any atom is -0.481 e. The van der Waals surface area contributed by atoms with E-state index in [0.29, 0.717) is 34.8 Å². The zero-order chi connectivity index (χ0) is 33.9. The van der Waals surface area contributed by atoms with Crippen molar-refractivity contribution in [2.45, 2.75) is 82.3 Å². The Morgan fingerprint density at radius 2 is 1.71 bits per heavy atom. The van der Waals surface area contributed by atoms with E-state index in [1.54, 1.807) is 7.11 Å². The highest BCUT2D eigenvalue weighted by molar-refractivity contribution is 6.36. The Hall–Kier alpha value is -3.66. The van der Waals surface area contributed by atoms with Crippen molar-refractivity contribution >= 4 is 29.1 Å². The quantitative estimate of drug-likeness (QED) is 0.124. The highest BCUT2D eigenvalue weighted by Crippen LogP contribution is 2.44. The van der Waals surface area contributed by atoms with Crippen LogP contribution in [0.4, 0.5) is 0 Å². The molecule has 0 radical (unpaired) electrons. The van der Waals surface area contributed by atoms with Gasteiger partial charge in [0.25, 0.3) is 0 Å². The number of nitrogens with zero attached hydrogens (tertiary/aromatic N) is 1. The first-order chi connectivity index (χ1) is 23.9. The number of rotatable bonds is 12. The van der Waals surface area contributed by atoms with Gasteiger partial charge in [0.15, 0.2) is 0 Å². The number of halogens is 2. The maximum Gasteiger partial charge on any atom is 0.236 e. The van der Waals surface area contributed by atoms with E-state index in [4.69, 9.17) is 32.7 Å². The van der Waals surface area contributed by atoms with E-state index in [9.17, 15) is 9.90 Å². The molecule has 0 unspecified atom stereocenters. The number of aromatic nitrogens is 1. The average Bonchev–Trinajstić information content (AvgIpc) is 3.85. The van der Waals surface area contributed by atoms with Crippen LogP contribution in [0.2, 0.25) is 10.0 Å². The molecule has 1 saturated carbocycles. The Bertz CT molecular complexity index is 1820. The van der Waals surface area contributed by atoms with Crippen molar-refractivity contribution < 1.29 is 19.4 Å². The first-order valence-electron chi connectivity index (χ1n) is 17.2. The summed E-state index contributed by atoms with van der Waals surface area (Å²) in [6.45, 7) is 2.00. The van der Waals surface area contributed by atoms with Crippen LogP contribution in [0.1, 0.15) is 66.9 Å². The van der Waals surface area contributed by atoms with E-state index < -0.39 is 0 Å². The molecule has 256 valence electrons. The first kappa shape index (κ1) is 33.8. The van der Waals surface area contributed by atoms with Gasteiger partial charge in [0, 0.05) is 54.8 Å². The van der Waals surface area contributed by atoms with Crippen molar-refractivity contribution in [2.75, 3.05) is 13.7 Å². The van der Waals surface area contributed by atoms with E-state index in [1.165, 1.54) is 11.1 Å². The van der Waals surface area contributed by atoms with Gasteiger partial charge in [-0.1, -0.05) is 83.9 Å². The number of pyridine rings is 1. The van der Waals surface area contributed by atoms with E-state index in [-0.39, 0.29) is 30.2 Å². The fourth-order valence-corrected chi connectivity index (χ4v) is 7.97. The summed E-state index contributed by atoms with van der Waals surface area (Å²) in [5.41, 5.74) is 8.44. The second-order valence-electron chi connectivity index (χ2n) is 13.2. The number of amides is 1. The summed E-state index contributed by atoms with van der Waals surface area (Å²) in [6, 6.07) is 23.1. The number of carbonyl (C=O) groups is 1. The van der Waals surface area contributed by atoms with Crippen molar-refractivity contribution in [3.8, 4) is 34.0 Å². The molecule has 1 aromatic heterocycles. The van der Waals surface area contributed by atoms with Crippen LogP contribution in [0.5, 0.6) is 11.8 Å². The third-order valence-corrected chi connectivity index (χ3v) is 10.7. The van der Waals surface area contributed by atoms with Crippen LogP contribution in [0, 0.1) is 0 Å². The minimum absolute atomic E-state index is 0.0605. The van der Waals surface area contributed by atoms with Crippen LogP contribution in [0.25, 0.3) is 22.3 Å². The maximum atomic E-state index is 11.5. The molecule has 7 rings (SSSR count). The lowest BCUT2D eigenvalue weighted by Crippen LogP contribution is -2.35. The van der Waals surface area contributed by atoms with Gasteiger partial charge in [-0.25, -0.2) is 0 Å². The van der Waals surface area contributed by atoms with Crippen molar-refractivity contribution in [2.24, 2.45) is 0 Å². The summed E-state index contributed by atoms with van der Waals surface area (Å²) in [7, 11) is 1.59. The van der Waals surface area contributed by atoms with Crippen molar-refractivity contribution in [1.82, 2.24) is 20.9 Å². The number of hydrogen-bond acceptors (Lipinski definition) is 7. The predicted octanol–water partition coefficient (Wildman–Crippen LogP) is 7.17. The zero-order valence-electron chi connectivity index (χ0n) is 27.6. The second-order valence-corrected chi connectivity index (χ2v) is 14.0. The van der Waals surface area contributed by atoms with E-state index in [1.807, 2.05) is 6.07 Å². The monoisotopic (exact) mass is 700 g/mol. The molecule has 8 nitrogen and oxygen atoms in total. The van der Waals surface area contributed by atoms with Crippen LogP contribution in [0.3, 0.4) is 0 Å². The fraction of sp³-hybridized carbons (Fsp3) is 0.385. The molecule has 0 spiro atoms. The molecular weight excluding hydrogens is 659 g/mol. The number of carbonyl (C=O) groups excluding carboxylic acids is 1. The Labute approximate surface area is 297 Å². The summed E-state index contributed by atoms with van der Waals surface area (Å²) in [4.78, 5) is 16.1. The Balaban J connectivity index is 1.05. The van der Waals surface area contributed by atoms with Gasteiger partial charge in [-0.2, -0.15) is 4.98 Å². The molecule has 3 aliphatic rings. The number of nitrogens with one attached hydrogen (secondary N) is 3. The van der Waals surface area contributed by atoms with Gasteiger partial charge in [0.1, 0.15) is 11.1 Å². The number of hydrogen-bond donors (Lipinski definition) is 4. The average molecular weight is 702 g/mol. The summed E-state index contributed by atoms with van der Waals surface area (Å²) < 4.78 is 12.1. The molecule has 1 saturated heterocycles. The molecule has 0 bridgehead atoms. The van der Waals surface area contributed by atoms with Gasteiger partial charge in [-0.3, -0.25) is 4.79 Å². The third-order valence-electron chi connectivity index (χ3n) is 10.0. The van der Waals surface area contributed by atoms with E-state index in [2.05, 4.69) is 81.6 Å². The van der Waals surface area contributed by atoms with Crippen LogP contribution >= 0.6 is 23.2 Å². The molecule has 10 heteroatoms. The van der Waals surface area contributed by atoms with Crippen LogP contribution in [0.15, 0.2) is 66.7 Å². The lowest BCUT2D eigenvalue weighted by atomic mass is 9.93. The molecule has 1 aliphatic heterocycles. The number of benzene rings is 3. The fourth-order valence-electron chi connectivity index (χ4n) is 7.41. The number of methoxy groups -OCH3 is 1. The van der Waals surface area contributed by atoms with Gasteiger partial charge in [0.05, 0.1) is 18.2 Å². The summed E-state index contributed by atoms with van der Waals surface area (Å²) >= 11 is 13.9. The lowest BCUT2D eigenvalue weighted by Gasteiger charge is -2.20. The highest BCUT2D eigenvalue weighted by atomic mass is 35.5. The number of ether oxygens (including phenoxy) is 2. The summed E-state index contributed by atoms with van der Waals surface area (Å²) in [6.07, 6.45) is 5.36. The topological polar surface area (TPSA) is 105 Å². The maximum absolute atomic E-state index is 11.5. The first-order valence-corrected chi connectivity index (χ1v) is 17.9. The molecule has 4 aromatic rings. The molecule has 1 amide bonds. The summed E-state index contributed by atoms with van der Waals surface area (Å²) in [5.74, 6) is 0.938. The Kier molecular flexibility index (Phi) is 10.4. The third kappa shape index (κ3) is 7.44. The molecule has 49 heavy (non-hydrogen) atoms. The van der Waals surface area contributed by atoms with Crippen molar-refractivity contribution in [1.29, 1.82) is 0 Å². The number of aliphatic hydroxyl groups excluding tert-OH is 1.